The van der Waals surface area contributed by atoms with Crippen molar-refractivity contribution in [3.05, 3.63) is 46.6 Å². The average molecular weight is 453 g/mol. The highest BCUT2D eigenvalue weighted by Crippen LogP contribution is 2.33. The number of nitrogens with one attached hydrogen (secondary N) is 2. The number of nitrogens with zero attached hydrogens (tertiary/aromatic N) is 2. The van der Waals surface area contributed by atoms with Crippen LogP contribution in [0.4, 0.5) is 5.69 Å². The standard InChI is InChI=1S/C17H17BrN4O4S/c1-19-17(23)16-12-8-15(26-2)14(21-27(3,24)25)9-13(12)20-22(16)11-6-4-10(18)5-7-11/h4-9,21H,1-3H3,(H,19,23). The summed E-state index contributed by atoms with van der Waals surface area (Å²) in [6.45, 7) is 0. The van der Waals surface area contributed by atoms with Gasteiger partial charge in [0.2, 0.25) is 10.0 Å². The maximum Gasteiger partial charge on any atom is 0.270 e. The van der Waals surface area contributed by atoms with E-state index >= 15 is 0 Å². The summed E-state index contributed by atoms with van der Waals surface area (Å²) in [5, 5.41) is 7.64. The van der Waals surface area contributed by atoms with E-state index in [1.807, 2.05) is 24.3 Å². The van der Waals surface area contributed by atoms with Gasteiger partial charge in [0.25, 0.3) is 5.91 Å². The number of hydrogen-bond donors (Lipinski definition) is 2. The molecule has 0 unspecified atom stereocenters. The van der Waals surface area contributed by atoms with Crippen molar-refractivity contribution in [1.82, 2.24) is 15.1 Å². The SMILES string of the molecule is CNC(=O)c1c2cc(OC)c(NS(C)(=O)=O)cc2nn1-c1ccc(Br)cc1. The zero-order chi connectivity index (χ0) is 19.8. The molecule has 0 aliphatic rings. The predicted molar refractivity (Wildman–Crippen MR) is 107 cm³/mol. The van der Waals surface area contributed by atoms with E-state index in [1.165, 1.54) is 24.9 Å². The molecule has 142 valence electrons. The second-order valence-corrected chi connectivity index (χ2v) is 8.42. The number of aromatic nitrogens is 2. The molecule has 2 N–H and O–H groups in total. The van der Waals surface area contributed by atoms with Crippen molar-refractivity contribution in [2.75, 3.05) is 25.1 Å². The molecule has 2 aromatic carbocycles. The van der Waals surface area contributed by atoms with Gasteiger partial charge >= 0.3 is 0 Å². The summed E-state index contributed by atoms with van der Waals surface area (Å²) in [6.07, 6.45) is 1.05. The Bertz CT molecular complexity index is 1120. The Kier molecular flexibility index (Phi) is 5.11. The van der Waals surface area contributed by atoms with Gasteiger partial charge < -0.3 is 10.1 Å². The molecule has 3 rings (SSSR count). The van der Waals surface area contributed by atoms with Crippen molar-refractivity contribution < 1.29 is 17.9 Å². The molecule has 3 aromatic rings. The van der Waals surface area contributed by atoms with Crippen LogP contribution in [0.25, 0.3) is 16.6 Å². The summed E-state index contributed by atoms with van der Waals surface area (Å²) < 4.78 is 33.4. The maximum absolute atomic E-state index is 12.5. The zero-order valence-corrected chi connectivity index (χ0v) is 17.2. The minimum absolute atomic E-state index is 0.247. The number of hydrogen-bond acceptors (Lipinski definition) is 5. The molecule has 27 heavy (non-hydrogen) atoms. The Labute approximate surface area is 164 Å². The minimum Gasteiger partial charge on any atom is -0.495 e. The van der Waals surface area contributed by atoms with E-state index in [9.17, 15) is 13.2 Å². The lowest BCUT2D eigenvalue weighted by Gasteiger charge is -2.10. The summed E-state index contributed by atoms with van der Waals surface area (Å²) in [5.41, 5.74) is 1.70. The van der Waals surface area contributed by atoms with E-state index in [2.05, 4.69) is 31.1 Å². The lowest BCUT2D eigenvalue weighted by atomic mass is 10.1. The molecule has 0 fully saturated rings. The van der Waals surface area contributed by atoms with Gasteiger partial charge in [-0.3, -0.25) is 9.52 Å². The third-order valence-corrected chi connectivity index (χ3v) is 4.92. The highest BCUT2D eigenvalue weighted by molar-refractivity contribution is 9.10. The minimum atomic E-state index is -3.51. The molecule has 0 radical (unpaired) electrons. The topological polar surface area (TPSA) is 102 Å². The molecule has 0 spiro atoms. The first-order valence-electron chi connectivity index (χ1n) is 7.80. The largest absolute Gasteiger partial charge is 0.495 e. The van der Waals surface area contributed by atoms with E-state index in [0.717, 1.165) is 10.7 Å². The van der Waals surface area contributed by atoms with E-state index in [0.29, 0.717) is 22.3 Å². The number of halogens is 1. The molecule has 0 bridgehead atoms. The molecule has 1 heterocycles. The van der Waals surface area contributed by atoms with Crippen molar-refractivity contribution in [2.24, 2.45) is 0 Å². The number of rotatable bonds is 5. The fraction of sp³-hybridized carbons (Fsp3) is 0.176. The molecular formula is C17H17BrN4O4S. The molecular weight excluding hydrogens is 436 g/mol. The summed E-state index contributed by atoms with van der Waals surface area (Å²) in [7, 11) is -0.553. The van der Waals surface area contributed by atoms with E-state index < -0.39 is 10.0 Å². The Hall–Kier alpha value is -2.59. The van der Waals surface area contributed by atoms with Crippen LogP contribution in [-0.2, 0) is 10.0 Å². The van der Waals surface area contributed by atoms with Crippen LogP contribution >= 0.6 is 15.9 Å². The second kappa shape index (κ2) is 7.20. The van der Waals surface area contributed by atoms with Gasteiger partial charge in [0.05, 0.1) is 30.3 Å². The van der Waals surface area contributed by atoms with Gasteiger partial charge in [-0.15, -0.1) is 0 Å². The molecule has 0 saturated carbocycles. The van der Waals surface area contributed by atoms with Crippen LogP contribution in [0, 0.1) is 0 Å². The smallest absolute Gasteiger partial charge is 0.270 e. The summed E-state index contributed by atoms with van der Waals surface area (Å²) in [5.74, 6) is -0.0419. The molecule has 8 nitrogen and oxygen atoms in total. The molecule has 1 amide bonds. The number of carbonyl (C=O) groups excluding carboxylic acids is 1. The Morgan fingerprint density at radius 1 is 1.22 bits per heavy atom. The normalized spacial score (nSPS) is 11.4. The number of fused-ring (bicyclic) bond motifs is 1. The number of methoxy groups -OCH3 is 1. The molecule has 0 saturated heterocycles. The van der Waals surface area contributed by atoms with Gasteiger partial charge in [0, 0.05) is 16.9 Å². The first-order chi connectivity index (χ1) is 12.7. The van der Waals surface area contributed by atoms with E-state index in [4.69, 9.17) is 4.74 Å². The quantitative estimate of drug-likeness (QED) is 0.618. The first kappa shape index (κ1) is 19.2. The third kappa shape index (κ3) is 3.91. The Balaban J connectivity index is 2.30. The van der Waals surface area contributed by atoms with Crippen LogP contribution in [0.15, 0.2) is 40.9 Å². The second-order valence-electron chi connectivity index (χ2n) is 5.76. The van der Waals surface area contributed by atoms with Crippen LogP contribution in [0.1, 0.15) is 10.5 Å². The van der Waals surface area contributed by atoms with Crippen LogP contribution in [0.5, 0.6) is 5.75 Å². The molecule has 1 aromatic heterocycles. The van der Waals surface area contributed by atoms with Crippen molar-refractivity contribution in [2.45, 2.75) is 0 Å². The maximum atomic E-state index is 12.5. The number of anilines is 1. The molecule has 0 aliphatic carbocycles. The van der Waals surface area contributed by atoms with Crippen molar-refractivity contribution in [3.63, 3.8) is 0 Å². The highest BCUT2D eigenvalue weighted by atomic mass is 79.9. The van der Waals surface area contributed by atoms with Crippen molar-refractivity contribution >= 4 is 48.5 Å². The Morgan fingerprint density at radius 2 is 1.89 bits per heavy atom. The van der Waals surface area contributed by atoms with Crippen LogP contribution in [-0.4, -0.2) is 44.5 Å². The number of ether oxygens (including phenoxy) is 1. The number of carbonyl (C=O) groups is 1. The summed E-state index contributed by atoms with van der Waals surface area (Å²) >= 11 is 3.38. The number of benzene rings is 2. The Morgan fingerprint density at radius 3 is 2.44 bits per heavy atom. The van der Waals surface area contributed by atoms with Crippen LogP contribution in [0.2, 0.25) is 0 Å². The summed E-state index contributed by atoms with van der Waals surface area (Å²) in [6, 6.07) is 10.4. The van der Waals surface area contributed by atoms with Gasteiger partial charge in [-0.25, -0.2) is 13.1 Å². The highest BCUT2D eigenvalue weighted by Gasteiger charge is 2.21. The first-order valence-corrected chi connectivity index (χ1v) is 10.5. The third-order valence-electron chi connectivity index (χ3n) is 3.80. The molecule has 10 heteroatoms. The number of amides is 1. The fourth-order valence-corrected chi connectivity index (χ4v) is 3.49. The van der Waals surface area contributed by atoms with Gasteiger partial charge in [-0.2, -0.15) is 5.10 Å². The lowest BCUT2D eigenvalue weighted by molar-refractivity contribution is 0.0957. The van der Waals surface area contributed by atoms with Gasteiger partial charge in [0.1, 0.15) is 11.4 Å². The van der Waals surface area contributed by atoms with Gasteiger partial charge in [-0.1, -0.05) is 15.9 Å². The summed E-state index contributed by atoms with van der Waals surface area (Å²) in [4.78, 5) is 12.5. The van der Waals surface area contributed by atoms with Gasteiger partial charge in [-0.05, 0) is 36.4 Å². The molecule has 0 atom stereocenters. The number of sulfonamides is 1. The van der Waals surface area contributed by atoms with Crippen molar-refractivity contribution in [1.29, 1.82) is 0 Å². The lowest BCUT2D eigenvalue weighted by Crippen LogP contribution is -2.21. The van der Waals surface area contributed by atoms with Crippen LogP contribution in [0.3, 0.4) is 0 Å². The van der Waals surface area contributed by atoms with Crippen molar-refractivity contribution in [3.8, 4) is 11.4 Å². The fourth-order valence-electron chi connectivity index (χ4n) is 2.67. The zero-order valence-electron chi connectivity index (χ0n) is 14.8. The monoisotopic (exact) mass is 452 g/mol. The van der Waals surface area contributed by atoms with E-state index in [-0.39, 0.29) is 17.3 Å². The van der Waals surface area contributed by atoms with E-state index in [1.54, 1.807) is 6.07 Å². The van der Waals surface area contributed by atoms with Gasteiger partial charge in [0.15, 0.2) is 0 Å². The average Bonchev–Trinajstić information content (AvgIpc) is 2.97. The predicted octanol–water partition coefficient (Wildman–Crippen LogP) is 2.53. The molecule has 0 aliphatic heterocycles. The van der Waals surface area contributed by atoms with Crippen LogP contribution < -0.4 is 14.8 Å².